The van der Waals surface area contributed by atoms with Crippen LogP contribution in [0.25, 0.3) is 5.76 Å². The molecule has 0 bridgehead atoms. The van der Waals surface area contributed by atoms with Crippen molar-refractivity contribution in [2.24, 2.45) is 0 Å². The molecule has 1 rings (SSSR count). The van der Waals surface area contributed by atoms with Crippen molar-refractivity contribution in [1.29, 1.82) is 0 Å². The minimum atomic E-state index is 0.408. The molecule has 1 aromatic rings. The third-order valence-corrected chi connectivity index (χ3v) is 1.80. The molecule has 0 aliphatic carbocycles. The molecular weight excluding hydrogens is 174 g/mol. The zero-order valence-corrected chi connectivity index (χ0v) is 7.64. The quantitative estimate of drug-likeness (QED) is 0.531. The lowest BCUT2D eigenvalue weighted by Gasteiger charge is -2.04. The maximum Gasteiger partial charge on any atom is 0.119 e. The van der Waals surface area contributed by atoms with Gasteiger partial charge in [-0.1, -0.05) is 6.58 Å². The third-order valence-electron chi connectivity index (χ3n) is 1.52. The molecule has 0 aliphatic rings. The van der Waals surface area contributed by atoms with Crippen LogP contribution >= 0.6 is 11.6 Å². The van der Waals surface area contributed by atoms with Crippen LogP contribution in [0.1, 0.15) is 11.3 Å². The van der Waals surface area contributed by atoms with Crippen molar-refractivity contribution in [3.8, 4) is 0 Å². The number of hydrogen-bond donors (Lipinski definition) is 0. The number of rotatable bonds is 3. The molecule has 0 spiro atoms. The van der Waals surface area contributed by atoms with Gasteiger partial charge in [0, 0.05) is 11.8 Å². The number of aromatic nitrogens is 1. The second-order valence-corrected chi connectivity index (χ2v) is 2.56. The summed E-state index contributed by atoms with van der Waals surface area (Å²) < 4.78 is 4.97. The normalized spacial score (nSPS) is 9.50. The Bertz CT molecular complexity index is 286. The summed E-state index contributed by atoms with van der Waals surface area (Å²) in [4.78, 5) is 4.05. The highest BCUT2D eigenvalue weighted by atomic mass is 35.5. The summed E-state index contributed by atoms with van der Waals surface area (Å²) in [6, 6.07) is 3.70. The van der Waals surface area contributed by atoms with Gasteiger partial charge in [-0.3, -0.25) is 4.98 Å². The minimum Gasteiger partial charge on any atom is -0.497 e. The Hall–Kier alpha value is -1.02. The van der Waals surface area contributed by atoms with Crippen LogP contribution in [0.2, 0.25) is 0 Å². The molecule has 0 amide bonds. The molecule has 12 heavy (non-hydrogen) atoms. The van der Waals surface area contributed by atoms with Gasteiger partial charge in [-0.05, 0) is 12.1 Å². The van der Waals surface area contributed by atoms with Gasteiger partial charge in [0.2, 0.25) is 0 Å². The second-order valence-electron chi connectivity index (χ2n) is 2.30. The Labute approximate surface area is 76.8 Å². The number of hydrogen-bond acceptors (Lipinski definition) is 2. The van der Waals surface area contributed by atoms with Gasteiger partial charge >= 0.3 is 0 Å². The zero-order valence-electron chi connectivity index (χ0n) is 6.88. The highest BCUT2D eigenvalue weighted by Gasteiger charge is 1.99. The molecule has 0 saturated carbocycles. The fraction of sp³-hybridized carbons (Fsp3) is 0.222. The van der Waals surface area contributed by atoms with Crippen LogP contribution in [0, 0.1) is 0 Å². The Morgan fingerprint density at radius 2 is 2.50 bits per heavy atom. The van der Waals surface area contributed by atoms with E-state index in [2.05, 4.69) is 11.6 Å². The molecule has 2 nitrogen and oxygen atoms in total. The van der Waals surface area contributed by atoms with E-state index in [0.29, 0.717) is 11.6 Å². The van der Waals surface area contributed by atoms with Crippen molar-refractivity contribution in [3.05, 3.63) is 36.2 Å². The third kappa shape index (κ3) is 1.98. The molecule has 1 heterocycles. The lowest BCUT2D eigenvalue weighted by atomic mass is 10.2. The Morgan fingerprint density at radius 1 is 1.75 bits per heavy atom. The highest BCUT2D eigenvalue weighted by molar-refractivity contribution is 6.16. The summed E-state index contributed by atoms with van der Waals surface area (Å²) in [7, 11) is 1.59. The van der Waals surface area contributed by atoms with Gasteiger partial charge in [-0.25, -0.2) is 0 Å². The number of halogens is 1. The van der Waals surface area contributed by atoms with E-state index in [1.165, 1.54) is 0 Å². The Morgan fingerprint density at radius 3 is 3.08 bits per heavy atom. The first kappa shape index (κ1) is 9.07. The monoisotopic (exact) mass is 183 g/mol. The van der Waals surface area contributed by atoms with Crippen LogP contribution in [-0.2, 0) is 10.6 Å². The van der Waals surface area contributed by atoms with Crippen LogP contribution in [0.5, 0.6) is 0 Å². The van der Waals surface area contributed by atoms with Gasteiger partial charge in [0.15, 0.2) is 0 Å². The molecule has 0 radical (unpaired) electrons. The zero-order chi connectivity index (χ0) is 8.97. The smallest absolute Gasteiger partial charge is 0.119 e. The first-order valence-electron chi connectivity index (χ1n) is 3.52. The summed E-state index contributed by atoms with van der Waals surface area (Å²) in [5.74, 6) is 1.04. The topological polar surface area (TPSA) is 22.1 Å². The number of ether oxygens (including phenoxy) is 1. The standard InChI is InChI=1S/C9H10ClNO/c1-7(12-2)8-3-4-11-9(5-8)6-10/h3-5H,1,6H2,2H3. The van der Waals surface area contributed by atoms with Gasteiger partial charge < -0.3 is 4.74 Å². The largest absolute Gasteiger partial charge is 0.497 e. The first-order valence-corrected chi connectivity index (χ1v) is 4.05. The molecule has 0 saturated heterocycles. The van der Waals surface area contributed by atoms with Crippen LogP contribution in [-0.4, -0.2) is 12.1 Å². The number of alkyl halides is 1. The lowest BCUT2D eigenvalue weighted by molar-refractivity contribution is 0.371. The van der Waals surface area contributed by atoms with Crippen molar-refractivity contribution < 1.29 is 4.74 Å². The van der Waals surface area contributed by atoms with E-state index in [-0.39, 0.29) is 0 Å². The first-order chi connectivity index (χ1) is 5.77. The molecule has 64 valence electrons. The lowest BCUT2D eigenvalue weighted by Crippen LogP contribution is -1.90. The van der Waals surface area contributed by atoms with Crippen LogP contribution in [0.15, 0.2) is 24.9 Å². The summed E-state index contributed by atoms with van der Waals surface area (Å²) in [5.41, 5.74) is 1.75. The number of methoxy groups -OCH3 is 1. The molecule has 1 aromatic heterocycles. The molecule has 0 aliphatic heterocycles. The fourth-order valence-electron chi connectivity index (χ4n) is 0.843. The van der Waals surface area contributed by atoms with Gasteiger partial charge in [-0.2, -0.15) is 0 Å². The van der Waals surface area contributed by atoms with E-state index < -0.39 is 0 Å². The van der Waals surface area contributed by atoms with Crippen molar-refractivity contribution >= 4 is 17.4 Å². The van der Waals surface area contributed by atoms with Gasteiger partial charge in [0.1, 0.15) is 5.76 Å². The van der Waals surface area contributed by atoms with Gasteiger partial charge in [0.05, 0.1) is 18.7 Å². The maximum atomic E-state index is 5.61. The van der Waals surface area contributed by atoms with E-state index >= 15 is 0 Å². The van der Waals surface area contributed by atoms with E-state index in [1.807, 2.05) is 12.1 Å². The summed E-state index contributed by atoms with van der Waals surface area (Å²) in [6.07, 6.45) is 1.69. The summed E-state index contributed by atoms with van der Waals surface area (Å²) in [6.45, 7) is 3.73. The van der Waals surface area contributed by atoms with E-state index in [4.69, 9.17) is 16.3 Å². The Balaban J connectivity index is 2.93. The van der Waals surface area contributed by atoms with Crippen molar-refractivity contribution in [1.82, 2.24) is 4.98 Å². The average molecular weight is 184 g/mol. The molecule has 0 aromatic carbocycles. The van der Waals surface area contributed by atoms with Gasteiger partial charge in [0.25, 0.3) is 0 Å². The van der Waals surface area contributed by atoms with Crippen LogP contribution in [0.3, 0.4) is 0 Å². The predicted molar refractivity (Wildman–Crippen MR) is 49.8 cm³/mol. The minimum absolute atomic E-state index is 0.408. The number of pyridine rings is 1. The van der Waals surface area contributed by atoms with E-state index in [9.17, 15) is 0 Å². The van der Waals surface area contributed by atoms with Crippen molar-refractivity contribution in [3.63, 3.8) is 0 Å². The molecule has 0 unspecified atom stereocenters. The number of nitrogens with zero attached hydrogens (tertiary/aromatic N) is 1. The molecule has 3 heteroatoms. The summed E-state index contributed by atoms with van der Waals surface area (Å²) in [5, 5.41) is 0. The second kappa shape index (κ2) is 4.12. The van der Waals surface area contributed by atoms with Crippen LogP contribution < -0.4 is 0 Å². The van der Waals surface area contributed by atoms with Crippen molar-refractivity contribution in [2.45, 2.75) is 5.88 Å². The van der Waals surface area contributed by atoms with Gasteiger partial charge in [-0.15, -0.1) is 11.6 Å². The molecule has 0 N–H and O–H groups in total. The highest BCUT2D eigenvalue weighted by Crippen LogP contribution is 2.13. The van der Waals surface area contributed by atoms with E-state index in [1.54, 1.807) is 13.3 Å². The molecule has 0 atom stereocenters. The molecule has 0 fully saturated rings. The van der Waals surface area contributed by atoms with Crippen molar-refractivity contribution in [2.75, 3.05) is 7.11 Å². The fourth-order valence-corrected chi connectivity index (χ4v) is 0.989. The molecular formula is C9H10ClNO. The average Bonchev–Trinajstić information content (AvgIpc) is 2.17. The Kier molecular flexibility index (Phi) is 3.11. The predicted octanol–water partition coefficient (Wildman–Crippen LogP) is 2.44. The summed E-state index contributed by atoms with van der Waals surface area (Å²) >= 11 is 5.61. The maximum absolute atomic E-state index is 5.61. The SMILES string of the molecule is C=C(OC)c1ccnc(CCl)c1. The van der Waals surface area contributed by atoms with E-state index in [0.717, 1.165) is 11.3 Å². The van der Waals surface area contributed by atoms with Crippen LogP contribution in [0.4, 0.5) is 0 Å².